The molecule has 1 amide bonds. The van der Waals surface area contributed by atoms with Gasteiger partial charge in [-0.05, 0) is 44.7 Å². The zero-order chi connectivity index (χ0) is 13.7. The topological polar surface area (TPSA) is 38.1 Å². The predicted molar refractivity (Wildman–Crippen MR) is 79.0 cm³/mol. The summed E-state index contributed by atoms with van der Waals surface area (Å²) in [7, 11) is 0. The summed E-state index contributed by atoms with van der Waals surface area (Å²) >= 11 is 0. The smallest absolute Gasteiger partial charge is 0.214 e. The van der Waals surface area contributed by atoms with Crippen molar-refractivity contribution in [2.45, 2.75) is 51.6 Å². The van der Waals surface area contributed by atoms with Crippen LogP contribution in [-0.4, -0.2) is 22.0 Å². The first-order valence-corrected chi connectivity index (χ1v) is 7.54. The van der Waals surface area contributed by atoms with E-state index in [1.807, 2.05) is 4.90 Å². The van der Waals surface area contributed by atoms with Crippen molar-refractivity contribution >= 4 is 23.1 Å². The normalized spacial score (nSPS) is 21.6. The molecular formula is C16H19N3O. The van der Waals surface area contributed by atoms with Gasteiger partial charge in [-0.25, -0.2) is 4.98 Å². The van der Waals surface area contributed by atoms with Crippen molar-refractivity contribution in [1.82, 2.24) is 9.55 Å². The van der Waals surface area contributed by atoms with E-state index < -0.39 is 0 Å². The second kappa shape index (κ2) is 4.33. The first-order valence-electron chi connectivity index (χ1n) is 7.54. The SMILES string of the molecule is CC1CCc2c(ccc3c2nc2n3CCCC2)N1C=O. The third kappa shape index (κ3) is 1.54. The zero-order valence-corrected chi connectivity index (χ0v) is 11.8. The lowest BCUT2D eigenvalue weighted by Crippen LogP contribution is -2.36. The van der Waals surface area contributed by atoms with Crippen LogP contribution >= 0.6 is 0 Å². The van der Waals surface area contributed by atoms with Crippen LogP contribution in [0.2, 0.25) is 0 Å². The van der Waals surface area contributed by atoms with E-state index >= 15 is 0 Å². The standard InChI is InChI=1S/C16H19N3O/c1-11-5-6-12-13(19(11)10-20)7-8-14-16(12)17-15-4-2-3-9-18(14)15/h7-8,10-11H,2-6,9H2,1H3. The van der Waals surface area contributed by atoms with Crippen LogP contribution in [0, 0.1) is 0 Å². The Morgan fingerprint density at radius 3 is 3.05 bits per heavy atom. The van der Waals surface area contributed by atoms with Crippen molar-refractivity contribution in [1.29, 1.82) is 0 Å². The van der Waals surface area contributed by atoms with Crippen LogP contribution in [0.15, 0.2) is 12.1 Å². The molecule has 2 aliphatic rings. The van der Waals surface area contributed by atoms with E-state index in [0.717, 1.165) is 43.4 Å². The Kier molecular flexibility index (Phi) is 2.59. The number of carbonyl (C=O) groups is 1. The summed E-state index contributed by atoms with van der Waals surface area (Å²) in [5, 5.41) is 0. The Bertz CT molecular complexity index is 689. The molecule has 0 bridgehead atoms. The summed E-state index contributed by atoms with van der Waals surface area (Å²) < 4.78 is 2.36. The number of rotatable bonds is 1. The van der Waals surface area contributed by atoms with Crippen LogP contribution in [-0.2, 0) is 24.2 Å². The van der Waals surface area contributed by atoms with Crippen LogP contribution in [0.1, 0.15) is 37.6 Å². The maximum absolute atomic E-state index is 11.4. The van der Waals surface area contributed by atoms with Gasteiger partial charge < -0.3 is 9.47 Å². The summed E-state index contributed by atoms with van der Waals surface area (Å²) in [6, 6.07) is 4.53. The Labute approximate surface area is 118 Å². The number of hydrogen-bond acceptors (Lipinski definition) is 2. The van der Waals surface area contributed by atoms with Crippen molar-refractivity contribution in [3.8, 4) is 0 Å². The van der Waals surface area contributed by atoms with Crippen molar-refractivity contribution in [2.75, 3.05) is 4.90 Å². The molecule has 0 spiro atoms. The highest BCUT2D eigenvalue weighted by Crippen LogP contribution is 2.36. The van der Waals surface area contributed by atoms with Crippen LogP contribution in [0.25, 0.3) is 11.0 Å². The molecule has 4 nitrogen and oxygen atoms in total. The molecule has 1 aromatic heterocycles. The molecule has 0 aliphatic carbocycles. The molecule has 2 aliphatic heterocycles. The van der Waals surface area contributed by atoms with Gasteiger partial charge in [0.2, 0.25) is 6.41 Å². The summed E-state index contributed by atoms with van der Waals surface area (Å²) in [4.78, 5) is 18.1. The van der Waals surface area contributed by atoms with Gasteiger partial charge in [0.15, 0.2) is 0 Å². The van der Waals surface area contributed by atoms with Gasteiger partial charge in [0.1, 0.15) is 5.82 Å². The highest BCUT2D eigenvalue weighted by molar-refractivity contribution is 5.90. The second-order valence-electron chi connectivity index (χ2n) is 5.97. The third-order valence-corrected chi connectivity index (χ3v) is 4.79. The number of hydrogen-bond donors (Lipinski definition) is 0. The minimum Gasteiger partial charge on any atom is -0.328 e. The number of aromatic nitrogens is 2. The number of fused-ring (bicyclic) bond motifs is 5. The highest BCUT2D eigenvalue weighted by Gasteiger charge is 2.26. The van der Waals surface area contributed by atoms with Gasteiger partial charge in [-0.3, -0.25) is 4.79 Å². The van der Waals surface area contributed by atoms with E-state index in [1.54, 1.807) is 0 Å². The van der Waals surface area contributed by atoms with E-state index in [4.69, 9.17) is 4.98 Å². The molecule has 1 unspecified atom stereocenters. The van der Waals surface area contributed by atoms with Gasteiger partial charge in [-0.15, -0.1) is 0 Å². The fraction of sp³-hybridized carbons (Fsp3) is 0.500. The minimum absolute atomic E-state index is 0.287. The molecule has 1 aromatic carbocycles. The molecule has 104 valence electrons. The van der Waals surface area contributed by atoms with Crippen molar-refractivity contribution in [3.05, 3.63) is 23.5 Å². The summed E-state index contributed by atoms with van der Waals surface area (Å²) in [5.74, 6) is 1.22. The van der Waals surface area contributed by atoms with E-state index in [-0.39, 0.29) is 6.04 Å². The molecule has 3 heterocycles. The van der Waals surface area contributed by atoms with Gasteiger partial charge in [0.05, 0.1) is 11.0 Å². The van der Waals surface area contributed by atoms with E-state index in [0.29, 0.717) is 0 Å². The monoisotopic (exact) mass is 269 g/mol. The first kappa shape index (κ1) is 11.9. The van der Waals surface area contributed by atoms with Crippen LogP contribution in [0.4, 0.5) is 5.69 Å². The minimum atomic E-state index is 0.287. The number of benzene rings is 1. The van der Waals surface area contributed by atoms with E-state index in [9.17, 15) is 4.79 Å². The molecule has 4 heteroatoms. The van der Waals surface area contributed by atoms with Gasteiger partial charge >= 0.3 is 0 Å². The van der Waals surface area contributed by atoms with Crippen molar-refractivity contribution in [3.63, 3.8) is 0 Å². The van der Waals surface area contributed by atoms with Crippen molar-refractivity contribution in [2.24, 2.45) is 0 Å². The van der Waals surface area contributed by atoms with Gasteiger partial charge in [0, 0.05) is 30.3 Å². The Morgan fingerprint density at radius 2 is 2.20 bits per heavy atom. The zero-order valence-electron chi connectivity index (χ0n) is 11.8. The number of carbonyl (C=O) groups excluding carboxylic acids is 1. The third-order valence-electron chi connectivity index (χ3n) is 4.79. The molecule has 1 atom stereocenters. The molecule has 0 saturated heterocycles. The Hall–Kier alpha value is -1.84. The van der Waals surface area contributed by atoms with Crippen LogP contribution < -0.4 is 4.90 Å². The summed E-state index contributed by atoms with van der Waals surface area (Å²) in [5.41, 5.74) is 4.69. The maximum Gasteiger partial charge on any atom is 0.214 e. The van der Waals surface area contributed by atoms with Crippen molar-refractivity contribution < 1.29 is 4.79 Å². The summed E-state index contributed by atoms with van der Waals surface area (Å²) in [6.07, 6.45) is 6.57. The maximum atomic E-state index is 11.4. The molecule has 4 rings (SSSR count). The molecule has 0 fully saturated rings. The number of aryl methyl sites for hydroxylation is 3. The van der Waals surface area contributed by atoms with Crippen LogP contribution in [0.5, 0.6) is 0 Å². The molecule has 0 radical (unpaired) electrons. The van der Waals surface area contributed by atoms with Gasteiger partial charge in [-0.1, -0.05) is 0 Å². The molecule has 2 aromatic rings. The molecular weight excluding hydrogens is 250 g/mol. The largest absolute Gasteiger partial charge is 0.328 e. The number of nitrogens with zero attached hydrogens (tertiary/aromatic N) is 3. The van der Waals surface area contributed by atoms with Gasteiger partial charge in [-0.2, -0.15) is 0 Å². The fourth-order valence-corrected chi connectivity index (χ4v) is 3.66. The predicted octanol–water partition coefficient (Wildman–Crippen LogP) is 2.67. The molecule has 0 N–H and O–H groups in total. The highest BCUT2D eigenvalue weighted by atomic mass is 16.1. The second-order valence-corrected chi connectivity index (χ2v) is 5.97. The number of imidazole rings is 1. The lowest BCUT2D eigenvalue weighted by Gasteiger charge is -2.32. The average molecular weight is 269 g/mol. The van der Waals surface area contributed by atoms with E-state index in [2.05, 4.69) is 23.6 Å². The Morgan fingerprint density at radius 1 is 1.30 bits per heavy atom. The number of anilines is 1. The van der Waals surface area contributed by atoms with Gasteiger partial charge in [0.25, 0.3) is 0 Å². The lowest BCUT2D eigenvalue weighted by molar-refractivity contribution is -0.107. The fourth-order valence-electron chi connectivity index (χ4n) is 3.66. The number of amides is 1. The average Bonchev–Trinajstić information content (AvgIpc) is 2.85. The Balaban J connectivity index is 1.96. The lowest BCUT2D eigenvalue weighted by atomic mass is 9.96. The molecule has 20 heavy (non-hydrogen) atoms. The molecule has 0 saturated carbocycles. The first-order chi connectivity index (χ1) is 9.79. The quantitative estimate of drug-likeness (QED) is 0.746. The van der Waals surface area contributed by atoms with Crippen LogP contribution in [0.3, 0.4) is 0 Å². The summed E-state index contributed by atoms with van der Waals surface area (Å²) in [6.45, 7) is 3.19. The van der Waals surface area contributed by atoms with E-state index in [1.165, 1.54) is 29.7 Å².